The number of aryl methyl sites for hydroxylation is 1. The third-order valence-corrected chi connectivity index (χ3v) is 6.43. The molecule has 2 fully saturated rings. The van der Waals surface area contributed by atoms with Gasteiger partial charge in [0.05, 0.1) is 13.0 Å². The molecule has 1 aromatic carbocycles. The van der Waals surface area contributed by atoms with E-state index in [2.05, 4.69) is 17.9 Å². The molecule has 2 aliphatic rings. The summed E-state index contributed by atoms with van der Waals surface area (Å²) in [5.41, 5.74) is 2.46. The molecule has 1 unspecified atom stereocenters. The van der Waals surface area contributed by atoms with Crippen LogP contribution in [0.1, 0.15) is 24.0 Å². The molecular formula is C21H32N2O3. The van der Waals surface area contributed by atoms with Crippen LogP contribution in [0.15, 0.2) is 24.3 Å². The van der Waals surface area contributed by atoms with E-state index in [1.807, 2.05) is 23.1 Å². The Morgan fingerprint density at radius 3 is 2.69 bits per heavy atom. The fourth-order valence-corrected chi connectivity index (χ4v) is 4.64. The van der Waals surface area contributed by atoms with E-state index in [4.69, 9.17) is 4.74 Å². The number of amides is 1. The Morgan fingerprint density at radius 2 is 2.04 bits per heavy atom. The molecule has 0 radical (unpaired) electrons. The van der Waals surface area contributed by atoms with Crippen LogP contribution in [0.3, 0.4) is 0 Å². The van der Waals surface area contributed by atoms with Crippen molar-refractivity contribution in [3.63, 3.8) is 0 Å². The molecule has 1 atom stereocenters. The Morgan fingerprint density at radius 1 is 1.31 bits per heavy atom. The molecule has 0 aromatic heterocycles. The second kappa shape index (κ2) is 8.51. The summed E-state index contributed by atoms with van der Waals surface area (Å²) >= 11 is 0. The number of benzene rings is 1. The Bertz CT molecular complexity index is 611. The highest BCUT2D eigenvalue weighted by Crippen LogP contribution is 2.44. The van der Waals surface area contributed by atoms with Crippen molar-refractivity contribution in [1.29, 1.82) is 0 Å². The maximum absolute atomic E-state index is 12.7. The number of aliphatic hydroxyl groups excluding tert-OH is 1. The van der Waals surface area contributed by atoms with Crippen molar-refractivity contribution in [1.82, 2.24) is 9.80 Å². The largest absolute Gasteiger partial charge is 0.396 e. The Hall–Kier alpha value is -1.43. The van der Waals surface area contributed by atoms with Gasteiger partial charge in [0, 0.05) is 52.4 Å². The highest BCUT2D eigenvalue weighted by molar-refractivity contribution is 5.79. The highest BCUT2D eigenvalue weighted by atomic mass is 16.5. The summed E-state index contributed by atoms with van der Waals surface area (Å²) in [5.74, 6) is 0.539. The van der Waals surface area contributed by atoms with Crippen LogP contribution >= 0.6 is 0 Å². The predicted molar refractivity (Wildman–Crippen MR) is 102 cm³/mol. The number of ether oxygens (including phenoxy) is 1. The van der Waals surface area contributed by atoms with Crippen molar-refractivity contribution in [3.05, 3.63) is 35.4 Å². The summed E-state index contributed by atoms with van der Waals surface area (Å²) in [7, 11) is 1.73. The molecule has 5 heteroatoms. The minimum absolute atomic E-state index is 0.155. The van der Waals surface area contributed by atoms with Crippen LogP contribution in [0, 0.1) is 18.3 Å². The minimum atomic E-state index is 0.155. The van der Waals surface area contributed by atoms with E-state index >= 15 is 0 Å². The molecule has 0 saturated carbocycles. The third kappa shape index (κ3) is 4.11. The van der Waals surface area contributed by atoms with Crippen molar-refractivity contribution in [2.24, 2.45) is 11.3 Å². The van der Waals surface area contributed by atoms with Gasteiger partial charge in [-0.05, 0) is 36.3 Å². The zero-order valence-corrected chi connectivity index (χ0v) is 16.1. The van der Waals surface area contributed by atoms with Crippen LogP contribution in [0.4, 0.5) is 0 Å². The van der Waals surface area contributed by atoms with E-state index in [1.54, 1.807) is 7.11 Å². The van der Waals surface area contributed by atoms with Crippen LogP contribution in [-0.2, 0) is 16.0 Å². The summed E-state index contributed by atoms with van der Waals surface area (Å²) < 4.78 is 5.21. The number of likely N-dealkylation sites (tertiary alicyclic amines) is 2. The van der Waals surface area contributed by atoms with Gasteiger partial charge in [0.15, 0.2) is 0 Å². The maximum Gasteiger partial charge on any atom is 0.226 e. The van der Waals surface area contributed by atoms with Crippen molar-refractivity contribution in [3.8, 4) is 0 Å². The van der Waals surface area contributed by atoms with Gasteiger partial charge >= 0.3 is 0 Å². The molecular weight excluding hydrogens is 328 g/mol. The number of methoxy groups -OCH3 is 1. The number of hydrogen-bond acceptors (Lipinski definition) is 4. The lowest BCUT2D eigenvalue weighted by molar-refractivity contribution is -0.133. The molecule has 1 amide bonds. The molecule has 2 heterocycles. The lowest BCUT2D eigenvalue weighted by atomic mass is 9.71. The van der Waals surface area contributed by atoms with Gasteiger partial charge in [0.2, 0.25) is 5.91 Å². The van der Waals surface area contributed by atoms with E-state index in [-0.39, 0.29) is 17.9 Å². The first-order valence-electron chi connectivity index (χ1n) is 9.72. The molecule has 2 saturated heterocycles. The highest BCUT2D eigenvalue weighted by Gasteiger charge is 2.47. The molecule has 1 spiro atoms. The second-order valence-electron chi connectivity index (χ2n) is 7.95. The van der Waals surface area contributed by atoms with Crippen LogP contribution in [-0.4, -0.2) is 73.9 Å². The number of rotatable bonds is 6. The smallest absolute Gasteiger partial charge is 0.226 e. The van der Waals surface area contributed by atoms with E-state index in [1.165, 1.54) is 5.56 Å². The van der Waals surface area contributed by atoms with Crippen LogP contribution < -0.4 is 0 Å². The molecule has 3 rings (SSSR count). The third-order valence-electron chi connectivity index (χ3n) is 6.43. The first-order valence-corrected chi connectivity index (χ1v) is 9.72. The maximum atomic E-state index is 12.7. The zero-order valence-electron chi connectivity index (χ0n) is 16.1. The Balaban J connectivity index is 1.57. The number of piperidine rings is 1. The number of carbonyl (C=O) groups is 1. The standard InChI is InChI=1S/C21H32N2O3/c1-17-5-3-4-6-18(17)13-20(25)23-9-7-21(8-10-23)16-22(11-12-26-2)14-19(21)15-24/h3-6,19,24H,7-16H2,1-2H3. The molecule has 1 N–H and O–H groups in total. The van der Waals surface area contributed by atoms with E-state index < -0.39 is 0 Å². The number of nitrogens with zero attached hydrogens (tertiary/aromatic N) is 2. The molecule has 26 heavy (non-hydrogen) atoms. The number of aliphatic hydroxyl groups is 1. The van der Waals surface area contributed by atoms with Crippen molar-refractivity contribution in [2.75, 3.05) is 53.0 Å². The fraction of sp³-hybridized carbons (Fsp3) is 0.667. The molecule has 0 bridgehead atoms. The first kappa shape index (κ1) is 19.3. The van der Waals surface area contributed by atoms with E-state index in [9.17, 15) is 9.90 Å². The van der Waals surface area contributed by atoms with E-state index in [0.29, 0.717) is 12.3 Å². The van der Waals surface area contributed by atoms with Gasteiger partial charge in [0.1, 0.15) is 0 Å². The van der Waals surface area contributed by atoms with Gasteiger partial charge < -0.3 is 19.6 Å². The lowest BCUT2D eigenvalue weighted by Gasteiger charge is -2.42. The molecule has 0 aliphatic carbocycles. The normalized spacial score (nSPS) is 22.9. The van der Waals surface area contributed by atoms with Crippen LogP contribution in [0.2, 0.25) is 0 Å². The molecule has 1 aromatic rings. The Labute approximate surface area is 156 Å². The summed E-state index contributed by atoms with van der Waals surface area (Å²) in [5, 5.41) is 9.89. The second-order valence-corrected chi connectivity index (χ2v) is 7.95. The molecule has 144 valence electrons. The van der Waals surface area contributed by atoms with Crippen LogP contribution in [0.25, 0.3) is 0 Å². The van der Waals surface area contributed by atoms with E-state index in [0.717, 1.165) is 57.7 Å². The fourth-order valence-electron chi connectivity index (χ4n) is 4.64. The number of carbonyl (C=O) groups excluding carboxylic acids is 1. The summed E-state index contributed by atoms with van der Waals surface area (Å²) in [6, 6.07) is 8.12. The average molecular weight is 360 g/mol. The van der Waals surface area contributed by atoms with Crippen molar-refractivity contribution >= 4 is 5.91 Å². The van der Waals surface area contributed by atoms with Gasteiger partial charge in [-0.25, -0.2) is 0 Å². The van der Waals surface area contributed by atoms with Crippen LogP contribution in [0.5, 0.6) is 0 Å². The predicted octanol–water partition coefficient (Wildman–Crippen LogP) is 1.72. The first-order chi connectivity index (χ1) is 12.6. The quantitative estimate of drug-likeness (QED) is 0.839. The van der Waals surface area contributed by atoms with Crippen molar-refractivity contribution in [2.45, 2.75) is 26.2 Å². The minimum Gasteiger partial charge on any atom is -0.396 e. The topological polar surface area (TPSA) is 53.0 Å². The summed E-state index contributed by atoms with van der Waals surface area (Å²) in [4.78, 5) is 17.2. The molecule has 5 nitrogen and oxygen atoms in total. The summed E-state index contributed by atoms with van der Waals surface area (Å²) in [6.45, 7) is 7.52. The average Bonchev–Trinajstić information content (AvgIpc) is 2.99. The zero-order chi connectivity index (χ0) is 18.6. The number of hydrogen-bond donors (Lipinski definition) is 1. The van der Waals surface area contributed by atoms with Crippen molar-refractivity contribution < 1.29 is 14.6 Å². The molecule has 2 aliphatic heterocycles. The Kier molecular flexibility index (Phi) is 6.33. The van der Waals surface area contributed by atoms with Gasteiger partial charge in [0.25, 0.3) is 0 Å². The van der Waals surface area contributed by atoms with Gasteiger partial charge in [-0.1, -0.05) is 24.3 Å². The summed E-state index contributed by atoms with van der Waals surface area (Å²) in [6.07, 6.45) is 2.46. The monoisotopic (exact) mass is 360 g/mol. The SMILES string of the molecule is COCCN1CC(CO)C2(CCN(C(=O)Cc3ccccc3C)CC2)C1. The lowest BCUT2D eigenvalue weighted by Crippen LogP contribution is -2.47. The van der Waals surface area contributed by atoms with Gasteiger partial charge in [-0.3, -0.25) is 4.79 Å². The van der Waals surface area contributed by atoms with Gasteiger partial charge in [-0.15, -0.1) is 0 Å². The van der Waals surface area contributed by atoms with Gasteiger partial charge in [-0.2, -0.15) is 0 Å².